The van der Waals surface area contributed by atoms with Crippen LogP contribution in [0.15, 0.2) is 47.4 Å². The maximum absolute atomic E-state index is 11.4. The zero-order valence-corrected chi connectivity index (χ0v) is 11.2. The van der Waals surface area contributed by atoms with Crippen LogP contribution in [0.1, 0.15) is 11.1 Å². The fraction of sp³-hybridized carbons (Fsp3) is 0.143. The normalized spacial score (nSPS) is 11.5. The SMILES string of the molecule is Cc1c(-c2ccccc2)ccc(S(N)(=O)=O)c1C. The summed E-state index contributed by atoms with van der Waals surface area (Å²) in [6.45, 7) is 3.69. The van der Waals surface area contributed by atoms with Gasteiger partial charge < -0.3 is 0 Å². The standard InChI is InChI=1S/C14H15NO2S/c1-10-11(2)14(18(15,16)17)9-8-13(10)12-6-4-3-5-7-12/h3-9H,1-2H3,(H2,15,16,17). The Bertz CT molecular complexity index is 676. The molecular formula is C14H15NO2S. The Labute approximate surface area is 107 Å². The summed E-state index contributed by atoms with van der Waals surface area (Å²) in [6.07, 6.45) is 0. The molecule has 2 N–H and O–H groups in total. The fourth-order valence-corrected chi connectivity index (χ4v) is 2.87. The highest BCUT2D eigenvalue weighted by atomic mass is 32.2. The lowest BCUT2D eigenvalue weighted by Crippen LogP contribution is -2.14. The van der Waals surface area contributed by atoms with Crippen LogP contribution in [-0.2, 0) is 10.0 Å². The van der Waals surface area contributed by atoms with E-state index in [1.807, 2.05) is 37.3 Å². The molecule has 0 atom stereocenters. The number of nitrogens with two attached hydrogens (primary N) is 1. The van der Waals surface area contributed by atoms with Gasteiger partial charge in [-0.3, -0.25) is 0 Å². The van der Waals surface area contributed by atoms with Crippen LogP contribution in [0.25, 0.3) is 11.1 Å². The zero-order valence-electron chi connectivity index (χ0n) is 10.3. The van der Waals surface area contributed by atoms with Gasteiger partial charge in [0.1, 0.15) is 0 Å². The minimum Gasteiger partial charge on any atom is -0.225 e. The van der Waals surface area contributed by atoms with E-state index < -0.39 is 10.0 Å². The van der Waals surface area contributed by atoms with E-state index in [1.165, 1.54) is 0 Å². The van der Waals surface area contributed by atoms with Gasteiger partial charge in [-0.15, -0.1) is 0 Å². The molecule has 0 heterocycles. The number of primary sulfonamides is 1. The first-order chi connectivity index (χ1) is 8.41. The first-order valence-corrected chi connectivity index (χ1v) is 7.14. The summed E-state index contributed by atoms with van der Waals surface area (Å²) in [5.74, 6) is 0. The van der Waals surface area contributed by atoms with Gasteiger partial charge in [0, 0.05) is 0 Å². The fourth-order valence-electron chi connectivity index (χ4n) is 2.03. The van der Waals surface area contributed by atoms with Crippen LogP contribution in [-0.4, -0.2) is 8.42 Å². The second kappa shape index (κ2) is 4.55. The van der Waals surface area contributed by atoms with Crippen LogP contribution < -0.4 is 5.14 Å². The highest BCUT2D eigenvalue weighted by Crippen LogP contribution is 2.28. The molecule has 0 aromatic heterocycles. The Hall–Kier alpha value is -1.65. The molecule has 4 heteroatoms. The second-order valence-electron chi connectivity index (χ2n) is 4.27. The van der Waals surface area contributed by atoms with E-state index in [4.69, 9.17) is 5.14 Å². The van der Waals surface area contributed by atoms with Crippen molar-refractivity contribution in [1.29, 1.82) is 0 Å². The number of sulfonamides is 1. The van der Waals surface area contributed by atoms with Gasteiger partial charge in [-0.25, -0.2) is 13.6 Å². The molecule has 0 fully saturated rings. The van der Waals surface area contributed by atoms with Crippen LogP contribution >= 0.6 is 0 Å². The molecule has 0 radical (unpaired) electrons. The van der Waals surface area contributed by atoms with Crippen molar-refractivity contribution in [1.82, 2.24) is 0 Å². The Balaban J connectivity index is 2.66. The van der Waals surface area contributed by atoms with E-state index in [1.54, 1.807) is 19.1 Å². The van der Waals surface area contributed by atoms with Gasteiger partial charge in [-0.1, -0.05) is 36.4 Å². The molecule has 0 aliphatic carbocycles. The molecule has 0 spiro atoms. The van der Waals surface area contributed by atoms with Crippen LogP contribution in [0.4, 0.5) is 0 Å². The lowest BCUT2D eigenvalue weighted by Gasteiger charge is -2.12. The maximum atomic E-state index is 11.4. The van der Waals surface area contributed by atoms with Gasteiger partial charge in [-0.05, 0) is 42.2 Å². The molecule has 0 unspecified atom stereocenters. The Kier molecular flexibility index (Phi) is 3.24. The van der Waals surface area contributed by atoms with Crippen LogP contribution in [0, 0.1) is 13.8 Å². The molecular weight excluding hydrogens is 246 g/mol. The van der Waals surface area contributed by atoms with E-state index in [-0.39, 0.29) is 4.90 Å². The lowest BCUT2D eigenvalue weighted by molar-refractivity contribution is 0.597. The molecule has 0 aliphatic rings. The molecule has 0 saturated carbocycles. The molecule has 2 rings (SSSR count). The van der Waals surface area contributed by atoms with Crippen molar-refractivity contribution in [2.75, 3.05) is 0 Å². The van der Waals surface area contributed by atoms with E-state index in [0.29, 0.717) is 5.56 Å². The molecule has 94 valence electrons. The number of benzene rings is 2. The largest absolute Gasteiger partial charge is 0.238 e. The van der Waals surface area contributed by atoms with E-state index in [9.17, 15) is 8.42 Å². The number of hydrogen-bond acceptors (Lipinski definition) is 2. The first-order valence-electron chi connectivity index (χ1n) is 5.59. The predicted octanol–water partition coefficient (Wildman–Crippen LogP) is 2.62. The minimum absolute atomic E-state index is 0.194. The number of hydrogen-bond donors (Lipinski definition) is 1. The third-order valence-electron chi connectivity index (χ3n) is 3.13. The average Bonchev–Trinajstić information content (AvgIpc) is 2.32. The molecule has 0 saturated heterocycles. The first kappa shape index (κ1) is 12.8. The van der Waals surface area contributed by atoms with Crippen molar-refractivity contribution < 1.29 is 8.42 Å². The molecule has 18 heavy (non-hydrogen) atoms. The maximum Gasteiger partial charge on any atom is 0.238 e. The van der Waals surface area contributed by atoms with E-state index in [0.717, 1.165) is 16.7 Å². The topological polar surface area (TPSA) is 60.2 Å². The summed E-state index contributed by atoms with van der Waals surface area (Å²) in [4.78, 5) is 0.194. The highest BCUT2D eigenvalue weighted by Gasteiger charge is 2.15. The van der Waals surface area contributed by atoms with Gasteiger partial charge in [-0.2, -0.15) is 0 Å². The van der Waals surface area contributed by atoms with Crippen molar-refractivity contribution >= 4 is 10.0 Å². The van der Waals surface area contributed by atoms with Crippen molar-refractivity contribution in [3.8, 4) is 11.1 Å². The Morgan fingerprint density at radius 1 is 0.889 bits per heavy atom. The predicted molar refractivity (Wildman–Crippen MR) is 72.7 cm³/mol. The third-order valence-corrected chi connectivity index (χ3v) is 4.18. The average molecular weight is 261 g/mol. The Morgan fingerprint density at radius 3 is 2.06 bits per heavy atom. The molecule has 0 amide bonds. The summed E-state index contributed by atoms with van der Waals surface area (Å²) in [5, 5.41) is 5.19. The summed E-state index contributed by atoms with van der Waals surface area (Å²) >= 11 is 0. The smallest absolute Gasteiger partial charge is 0.225 e. The van der Waals surface area contributed by atoms with Gasteiger partial charge in [0.25, 0.3) is 0 Å². The van der Waals surface area contributed by atoms with Gasteiger partial charge >= 0.3 is 0 Å². The van der Waals surface area contributed by atoms with Gasteiger partial charge in [0.05, 0.1) is 4.90 Å². The van der Waals surface area contributed by atoms with Crippen LogP contribution in [0.2, 0.25) is 0 Å². The minimum atomic E-state index is -3.65. The third kappa shape index (κ3) is 2.30. The molecule has 2 aromatic carbocycles. The molecule has 0 bridgehead atoms. The van der Waals surface area contributed by atoms with Crippen molar-refractivity contribution in [3.05, 3.63) is 53.6 Å². The van der Waals surface area contributed by atoms with Crippen LogP contribution in [0.3, 0.4) is 0 Å². The second-order valence-corrected chi connectivity index (χ2v) is 5.80. The van der Waals surface area contributed by atoms with Crippen molar-refractivity contribution in [2.24, 2.45) is 5.14 Å². The van der Waals surface area contributed by atoms with E-state index in [2.05, 4.69) is 0 Å². The summed E-state index contributed by atoms with van der Waals surface area (Å²) in [6, 6.07) is 13.2. The molecule has 2 aromatic rings. The Morgan fingerprint density at radius 2 is 1.50 bits per heavy atom. The van der Waals surface area contributed by atoms with Crippen molar-refractivity contribution in [2.45, 2.75) is 18.7 Å². The lowest BCUT2D eigenvalue weighted by atomic mass is 9.97. The van der Waals surface area contributed by atoms with Crippen molar-refractivity contribution in [3.63, 3.8) is 0 Å². The summed E-state index contributed by atoms with van der Waals surface area (Å²) in [7, 11) is -3.65. The highest BCUT2D eigenvalue weighted by molar-refractivity contribution is 7.89. The number of rotatable bonds is 2. The monoisotopic (exact) mass is 261 g/mol. The quantitative estimate of drug-likeness (QED) is 0.903. The van der Waals surface area contributed by atoms with E-state index >= 15 is 0 Å². The molecule has 3 nitrogen and oxygen atoms in total. The van der Waals surface area contributed by atoms with Gasteiger partial charge in [0.2, 0.25) is 10.0 Å². The molecule has 0 aliphatic heterocycles. The van der Waals surface area contributed by atoms with Gasteiger partial charge in [0.15, 0.2) is 0 Å². The zero-order chi connectivity index (χ0) is 13.3. The summed E-state index contributed by atoms with van der Waals surface area (Å²) in [5.41, 5.74) is 3.74. The van der Waals surface area contributed by atoms with Crippen LogP contribution in [0.5, 0.6) is 0 Å². The summed E-state index contributed by atoms with van der Waals surface area (Å²) < 4.78 is 22.9.